The van der Waals surface area contributed by atoms with Gasteiger partial charge in [0.2, 0.25) is 0 Å². The predicted molar refractivity (Wildman–Crippen MR) is 314 cm³/mol. The minimum atomic E-state index is 0.413. The number of piperazine rings is 1. The molecule has 6 aliphatic heterocycles. The second-order valence-electron chi connectivity index (χ2n) is 25.9. The van der Waals surface area contributed by atoms with E-state index >= 15 is 0 Å². The quantitative estimate of drug-likeness (QED) is 0.297. The summed E-state index contributed by atoms with van der Waals surface area (Å²) in [7, 11) is 0. The molecule has 6 heterocycles. The molecule has 0 radical (unpaired) electrons. The van der Waals surface area contributed by atoms with Crippen molar-refractivity contribution in [1.82, 2.24) is 29.8 Å². The van der Waals surface area contributed by atoms with E-state index in [4.69, 9.17) is 0 Å². The molecule has 9 fully saturated rings. The number of piperidine rings is 1. The van der Waals surface area contributed by atoms with Crippen LogP contribution in [0.3, 0.4) is 0 Å². The Kier molecular flexibility index (Phi) is 39.7. The van der Waals surface area contributed by atoms with Crippen molar-refractivity contribution in [2.24, 2.45) is 28.6 Å². The molecule has 68 heavy (non-hydrogen) atoms. The minimum absolute atomic E-state index is 0.413. The summed E-state index contributed by atoms with van der Waals surface area (Å²) in [5.41, 5.74) is 2.48. The van der Waals surface area contributed by atoms with Gasteiger partial charge in [-0.3, -0.25) is 19.6 Å². The SMILES string of the molecule is CC.CC.CC.CC.CC(C)(C)C1CC1.CC(C)(C)C1CCC1.CC(C)(C)N1CC2CC1C2.CC(C)(C)N1CCC1.CC(C)(C)N1CCCC1.CC(C)N1CCCCC1.CC(C)N1CCNCC1. The molecule has 9 aliphatic rings. The normalized spacial score (nSPS) is 23.1. The van der Waals surface area contributed by atoms with Crippen molar-refractivity contribution in [3.8, 4) is 0 Å². The zero-order chi connectivity index (χ0) is 53.5. The van der Waals surface area contributed by atoms with E-state index in [1.807, 2.05) is 55.4 Å². The Morgan fingerprint density at radius 2 is 0.721 bits per heavy atom. The van der Waals surface area contributed by atoms with E-state index in [-0.39, 0.29) is 0 Å². The van der Waals surface area contributed by atoms with Crippen LogP contribution in [0.15, 0.2) is 0 Å². The largest absolute Gasteiger partial charge is 0.314 e. The van der Waals surface area contributed by atoms with Crippen LogP contribution in [-0.4, -0.2) is 131 Å². The monoisotopic (exact) mass is 965 g/mol. The van der Waals surface area contributed by atoms with Gasteiger partial charge in [-0.25, -0.2) is 0 Å². The van der Waals surface area contributed by atoms with Crippen LogP contribution in [-0.2, 0) is 0 Å². The summed E-state index contributed by atoms with van der Waals surface area (Å²) < 4.78 is 0. The van der Waals surface area contributed by atoms with Crippen molar-refractivity contribution < 1.29 is 0 Å². The molecule has 1 N–H and O–H groups in total. The van der Waals surface area contributed by atoms with Crippen LogP contribution < -0.4 is 5.32 Å². The zero-order valence-electron chi connectivity index (χ0n) is 52.7. The summed E-state index contributed by atoms with van der Waals surface area (Å²) in [5.74, 6) is 3.14. The van der Waals surface area contributed by atoms with Crippen LogP contribution in [0.5, 0.6) is 0 Å². The third-order valence-electron chi connectivity index (χ3n) is 15.0. The van der Waals surface area contributed by atoms with E-state index in [0.29, 0.717) is 27.4 Å². The summed E-state index contributed by atoms with van der Waals surface area (Å²) >= 11 is 0. The van der Waals surface area contributed by atoms with Gasteiger partial charge in [0, 0.05) is 67.5 Å². The lowest BCUT2D eigenvalue weighted by Gasteiger charge is -2.42. The molecule has 0 spiro atoms. The summed E-state index contributed by atoms with van der Waals surface area (Å²) in [6.07, 6.45) is 18.8. The lowest BCUT2D eigenvalue weighted by molar-refractivity contribution is 0.0690. The molecule has 0 unspecified atom stereocenters. The topological polar surface area (TPSA) is 28.2 Å². The Hall–Kier alpha value is -0.240. The van der Waals surface area contributed by atoms with Crippen molar-refractivity contribution in [2.45, 2.75) is 305 Å². The maximum atomic E-state index is 3.33. The molecule has 0 aromatic carbocycles. The first-order valence-corrected chi connectivity index (χ1v) is 30.1. The molecule has 6 saturated heterocycles. The molecule has 0 amide bonds. The van der Waals surface area contributed by atoms with Gasteiger partial charge < -0.3 is 10.2 Å². The molecule has 0 aromatic heterocycles. The van der Waals surface area contributed by atoms with Gasteiger partial charge >= 0.3 is 0 Å². The van der Waals surface area contributed by atoms with Gasteiger partial charge in [0.1, 0.15) is 0 Å². The zero-order valence-corrected chi connectivity index (χ0v) is 52.7. The average Bonchev–Trinajstić information content (AvgIpc) is 3.56. The Morgan fingerprint density at radius 3 is 0.868 bits per heavy atom. The van der Waals surface area contributed by atoms with Gasteiger partial charge in [0.05, 0.1) is 0 Å². The standard InChI is InChI=1S/C9H17N.2C8H17N.C8H16.C7H16N2.C7H15N.C7H14.4C2H6/c1-9(2,3)10-6-7-4-8(10)5-7;1-8(2,3)9-6-4-5-7-9;1-8(2)9-6-4-3-5-7-9;1-8(2,3)7-5-4-6-7;1-7(2)9-5-3-8-4-6-9;1-7(2,3)8-5-4-6-8;1-7(2,3)6-4-5-6;4*1-2/h7-8H,4-6H2,1-3H3;4-7H2,1-3H3;8H,3-7H2,1-2H3;7H,4-6H2,1-3H3;7-8H,3-6H2,1-2H3;4-6H2,1-3H3;6H,4-5H2,1-3H3;4*1-2H3. The molecule has 0 atom stereocenters. The lowest BCUT2D eigenvalue weighted by atomic mass is 9.69. The van der Waals surface area contributed by atoms with Crippen LogP contribution in [0.25, 0.3) is 0 Å². The van der Waals surface area contributed by atoms with Crippen molar-refractivity contribution in [2.75, 3.05) is 72.0 Å². The van der Waals surface area contributed by atoms with E-state index in [1.165, 1.54) is 142 Å². The van der Waals surface area contributed by atoms with Crippen LogP contribution in [0.4, 0.5) is 0 Å². The Balaban J connectivity index is -0.000000708. The second-order valence-corrected chi connectivity index (χ2v) is 25.9. The molecular weight excluding hydrogens is 829 g/mol. The number of rotatable bonds is 2. The first-order valence-electron chi connectivity index (χ1n) is 30.1. The molecule has 6 nitrogen and oxygen atoms in total. The van der Waals surface area contributed by atoms with Gasteiger partial charge in [0.25, 0.3) is 0 Å². The summed E-state index contributed by atoms with van der Waals surface area (Å²) in [4.78, 5) is 12.8. The fourth-order valence-electron chi connectivity index (χ4n) is 9.58. The van der Waals surface area contributed by atoms with E-state index in [2.05, 4.69) is 161 Å². The highest BCUT2D eigenvalue weighted by atomic mass is 15.3. The van der Waals surface area contributed by atoms with Gasteiger partial charge in [-0.05, 0) is 228 Å². The van der Waals surface area contributed by atoms with Crippen molar-refractivity contribution in [3.05, 3.63) is 0 Å². The van der Waals surface area contributed by atoms with E-state index < -0.39 is 0 Å². The highest BCUT2D eigenvalue weighted by molar-refractivity contribution is 5.01. The number of nitrogens with one attached hydrogen (secondary N) is 1. The number of nitrogens with zero attached hydrogens (tertiary/aromatic N) is 5. The number of likely N-dealkylation sites (tertiary alicyclic amines) is 3. The number of hydrogen-bond acceptors (Lipinski definition) is 6. The van der Waals surface area contributed by atoms with Crippen molar-refractivity contribution in [3.63, 3.8) is 0 Å². The maximum Gasteiger partial charge on any atom is 0.0128 e. The van der Waals surface area contributed by atoms with Gasteiger partial charge in [-0.2, -0.15) is 0 Å². The molecule has 6 heteroatoms. The number of fused-ring (bicyclic) bond motifs is 1. The predicted octanol–water partition coefficient (Wildman–Crippen LogP) is 16.8. The molecule has 2 bridgehead atoms. The second kappa shape index (κ2) is 37.5. The van der Waals surface area contributed by atoms with E-state index in [0.717, 1.165) is 49.0 Å². The minimum Gasteiger partial charge on any atom is -0.314 e. The fourth-order valence-corrected chi connectivity index (χ4v) is 9.58. The highest BCUT2D eigenvalue weighted by Crippen LogP contribution is 2.45. The van der Waals surface area contributed by atoms with Crippen LogP contribution in [0.1, 0.15) is 270 Å². The number of hydrogen-bond donors (Lipinski definition) is 1. The molecule has 3 aliphatic carbocycles. The Labute approximate surface area is 433 Å². The van der Waals surface area contributed by atoms with Gasteiger partial charge in [-0.1, -0.05) is 110 Å². The van der Waals surface area contributed by atoms with Gasteiger partial charge in [0.15, 0.2) is 0 Å². The lowest BCUT2D eigenvalue weighted by Crippen LogP contribution is -2.49. The summed E-state index contributed by atoms with van der Waals surface area (Å²) in [6.45, 7) is 73.8. The van der Waals surface area contributed by atoms with Crippen molar-refractivity contribution >= 4 is 0 Å². The van der Waals surface area contributed by atoms with E-state index in [1.54, 1.807) is 0 Å². The third-order valence-corrected chi connectivity index (χ3v) is 15.0. The third kappa shape index (κ3) is 32.8. The Morgan fingerprint density at radius 1 is 0.382 bits per heavy atom. The molecule has 414 valence electrons. The molecule has 0 aromatic rings. The van der Waals surface area contributed by atoms with Crippen LogP contribution in [0.2, 0.25) is 0 Å². The van der Waals surface area contributed by atoms with Crippen LogP contribution >= 0.6 is 0 Å². The maximum absolute atomic E-state index is 3.33. The van der Waals surface area contributed by atoms with Crippen molar-refractivity contribution in [1.29, 1.82) is 0 Å². The highest BCUT2D eigenvalue weighted by Gasteiger charge is 2.46. The molecule has 3 saturated carbocycles. The fraction of sp³-hybridized carbons (Fsp3) is 1.00. The van der Waals surface area contributed by atoms with E-state index in [9.17, 15) is 0 Å². The Bertz CT molecular complexity index is 1030. The average molecular weight is 966 g/mol. The first kappa shape index (κ1) is 72.0. The van der Waals surface area contributed by atoms with Crippen LogP contribution in [0, 0.1) is 28.6 Å². The summed E-state index contributed by atoms with van der Waals surface area (Å²) in [6, 6.07) is 2.45. The molecular formula is C62H136N6. The van der Waals surface area contributed by atoms with Gasteiger partial charge in [-0.15, -0.1) is 0 Å². The first-order chi connectivity index (χ1) is 31.6. The molecule has 9 rings (SSSR count). The summed E-state index contributed by atoms with van der Waals surface area (Å²) in [5, 5.41) is 3.33. The smallest absolute Gasteiger partial charge is 0.0128 e.